The molecule has 2 N–H and O–H groups in total. The van der Waals surface area contributed by atoms with Crippen LogP contribution in [0.25, 0.3) is 17.1 Å². The molecule has 0 saturated carbocycles. The largest absolute Gasteiger partial charge is 0.382 e. The van der Waals surface area contributed by atoms with Crippen molar-refractivity contribution in [3.05, 3.63) is 42.9 Å². The lowest BCUT2D eigenvalue weighted by atomic mass is 10.2. The highest BCUT2D eigenvalue weighted by Gasteiger charge is 2.15. The van der Waals surface area contributed by atoms with Gasteiger partial charge in [-0.2, -0.15) is 0 Å². The minimum absolute atomic E-state index is 0.410. The van der Waals surface area contributed by atoms with Crippen LogP contribution in [0.3, 0.4) is 0 Å². The Kier molecular flexibility index (Phi) is 1.83. The van der Waals surface area contributed by atoms with E-state index in [4.69, 9.17) is 5.73 Å². The first-order valence-corrected chi connectivity index (χ1v) is 4.86. The molecule has 2 heterocycles. The molecule has 0 aromatic heterocycles. The molecule has 0 radical (unpaired) electrons. The van der Waals surface area contributed by atoms with Crippen LogP contribution in [0, 0.1) is 0 Å². The molecule has 3 rings (SSSR count). The fourth-order valence-electron chi connectivity index (χ4n) is 1.63. The molecule has 5 heteroatoms. The lowest BCUT2D eigenvalue weighted by molar-refractivity contribution is 0.938. The molecule has 78 valence electrons. The van der Waals surface area contributed by atoms with E-state index in [1.165, 1.54) is 0 Å². The minimum Gasteiger partial charge on any atom is -0.382 e. The predicted molar refractivity (Wildman–Crippen MR) is 60.2 cm³/mol. The summed E-state index contributed by atoms with van der Waals surface area (Å²) in [7, 11) is 0. The van der Waals surface area contributed by atoms with Gasteiger partial charge in [0.05, 0.1) is 5.56 Å². The number of hydrogen-bond donors (Lipinski definition) is 1. The van der Waals surface area contributed by atoms with Crippen LogP contribution >= 0.6 is 0 Å². The Hall–Kier alpha value is -2.43. The number of anilines is 1. The number of nitrogens with zero attached hydrogens (tertiary/aromatic N) is 4. The first kappa shape index (κ1) is 8.84. The zero-order chi connectivity index (χ0) is 11.0. The Balaban J connectivity index is 2.25. The second kappa shape index (κ2) is 3.30. The van der Waals surface area contributed by atoms with Gasteiger partial charge in [0.25, 0.3) is 0 Å². The van der Waals surface area contributed by atoms with Gasteiger partial charge in [-0.3, -0.25) is 4.57 Å². The molecule has 2 aliphatic rings. The monoisotopic (exact) mass is 211 g/mol. The van der Waals surface area contributed by atoms with Crippen LogP contribution in [0.4, 0.5) is 5.82 Å². The molecule has 16 heavy (non-hydrogen) atoms. The van der Waals surface area contributed by atoms with E-state index >= 15 is 0 Å². The van der Waals surface area contributed by atoms with E-state index in [0.717, 1.165) is 17.1 Å². The molecule has 0 spiro atoms. The van der Waals surface area contributed by atoms with Crippen LogP contribution in [-0.2, 0) is 0 Å². The third kappa shape index (κ3) is 1.22. The third-order valence-corrected chi connectivity index (χ3v) is 2.42. The van der Waals surface area contributed by atoms with Gasteiger partial charge < -0.3 is 5.73 Å². The third-order valence-electron chi connectivity index (χ3n) is 2.42. The number of para-hydroxylation sites is 1. The van der Waals surface area contributed by atoms with Gasteiger partial charge in [-0.1, -0.05) is 18.2 Å². The van der Waals surface area contributed by atoms with Crippen molar-refractivity contribution in [1.29, 1.82) is 0 Å². The van der Waals surface area contributed by atoms with Crippen molar-refractivity contribution in [1.82, 2.24) is 19.7 Å². The number of fused-ring (bicyclic) bond motifs is 1. The molecule has 0 atom stereocenters. The summed E-state index contributed by atoms with van der Waals surface area (Å²) >= 11 is 0. The van der Waals surface area contributed by atoms with E-state index in [-0.39, 0.29) is 0 Å². The molecule has 1 aromatic rings. The summed E-state index contributed by atoms with van der Waals surface area (Å²) in [4.78, 5) is 4.13. The molecule has 0 unspecified atom stereocenters. The van der Waals surface area contributed by atoms with Crippen LogP contribution in [0.15, 0.2) is 42.9 Å². The van der Waals surface area contributed by atoms with Crippen molar-refractivity contribution in [3.63, 3.8) is 0 Å². The second-order valence-corrected chi connectivity index (χ2v) is 3.42. The SMILES string of the molecule is Nc1nnc2n(-c3ccccc3)cncc1-2. The molecular weight excluding hydrogens is 202 g/mol. The molecule has 5 nitrogen and oxygen atoms in total. The normalized spacial score (nSPS) is 10.8. The number of rotatable bonds is 1. The minimum atomic E-state index is 0.410. The van der Waals surface area contributed by atoms with Crippen molar-refractivity contribution in [2.75, 3.05) is 5.73 Å². The van der Waals surface area contributed by atoms with Gasteiger partial charge in [0.15, 0.2) is 11.6 Å². The van der Waals surface area contributed by atoms with Crippen LogP contribution in [0.5, 0.6) is 0 Å². The van der Waals surface area contributed by atoms with E-state index < -0.39 is 0 Å². The zero-order valence-corrected chi connectivity index (χ0v) is 8.41. The molecule has 0 aliphatic carbocycles. The van der Waals surface area contributed by atoms with E-state index in [0.29, 0.717) is 5.82 Å². The summed E-state index contributed by atoms with van der Waals surface area (Å²) in [5, 5.41) is 7.89. The highest BCUT2D eigenvalue weighted by molar-refractivity contribution is 5.70. The van der Waals surface area contributed by atoms with Gasteiger partial charge >= 0.3 is 0 Å². The Morgan fingerprint density at radius 1 is 1.06 bits per heavy atom. The second-order valence-electron chi connectivity index (χ2n) is 3.42. The van der Waals surface area contributed by atoms with Crippen LogP contribution in [0.1, 0.15) is 0 Å². The molecule has 0 saturated heterocycles. The fraction of sp³-hybridized carbons (Fsp3) is 0. The van der Waals surface area contributed by atoms with Gasteiger partial charge in [-0.25, -0.2) is 4.98 Å². The number of hydrogen-bond acceptors (Lipinski definition) is 4. The Morgan fingerprint density at radius 2 is 1.88 bits per heavy atom. The average Bonchev–Trinajstić information content (AvgIpc) is 2.73. The van der Waals surface area contributed by atoms with Gasteiger partial charge in [0.1, 0.15) is 6.33 Å². The van der Waals surface area contributed by atoms with E-state index in [1.54, 1.807) is 12.5 Å². The van der Waals surface area contributed by atoms with Crippen molar-refractivity contribution < 1.29 is 0 Å². The topological polar surface area (TPSA) is 69.6 Å². The highest BCUT2D eigenvalue weighted by atomic mass is 15.2. The Bertz CT molecular complexity index is 587. The standard InChI is InChI=1S/C11H9N5/c12-10-9-6-13-7-16(11(9)15-14-10)8-4-2-1-3-5-8/h1-7H,(H2,12,14). The average molecular weight is 211 g/mol. The summed E-state index contributed by atoms with van der Waals surface area (Å²) in [5.41, 5.74) is 7.45. The van der Waals surface area contributed by atoms with Gasteiger partial charge in [0.2, 0.25) is 0 Å². The van der Waals surface area contributed by atoms with Gasteiger partial charge in [-0.15, -0.1) is 10.2 Å². The highest BCUT2D eigenvalue weighted by Crippen LogP contribution is 2.25. The summed E-state index contributed by atoms with van der Waals surface area (Å²) in [6.07, 6.45) is 3.37. The molecular formula is C11H9N5. The summed E-state index contributed by atoms with van der Waals surface area (Å²) in [6.45, 7) is 0. The lowest BCUT2D eigenvalue weighted by Gasteiger charge is -2.09. The Morgan fingerprint density at radius 3 is 2.69 bits per heavy atom. The van der Waals surface area contributed by atoms with Gasteiger partial charge in [0, 0.05) is 11.9 Å². The summed E-state index contributed by atoms with van der Waals surface area (Å²) in [6, 6.07) is 9.84. The summed E-state index contributed by atoms with van der Waals surface area (Å²) < 4.78 is 1.86. The quantitative estimate of drug-likeness (QED) is 0.659. The number of nitrogen functional groups attached to an aromatic ring is 1. The molecule has 0 amide bonds. The van der Waals surface area contributed by atoms with E-state index in [1.807, 2.05) is 34.9 Å². The molecule has 0 bridgehead atoms. The molecule has 0 fully saturated rings. The fourth-order valence-corrected chi connectivity index (χ4v) is 1.63. The maximum atomic E-state index is 5.70. The van der Waals surface area contributed by atoms with Crippen molar-refractivity contribution >= 4 is 5.82 Å². The number of aromatic nitrogens is 4. The maximum Gasteiger partial charge on any atom is 0.173 e. The van der Waals surface area contributed by atoms with E-state index in [2.05, 4.69) is 15.2 Å². The van der Waals surface area contributed by atoms with Crippen LogP contribution in [-0.4, -0.2) is 19.7 Å². The predicted octanol–water partition coefficient (Wildman–Crippen LogP) is 1.35. The lowest BCUT2D eigenvalue weighted by Crippen LogP contribution is -2.02. The van der Waals surface area contributed by atoms with Crippen LogP contribution < -0.4 is 5.73 Å². The summed E-state index contributed by atoms with van der Waals surface area (Å²) in [5.74, 6) is 1.13. The zero-order valence-electron chi connectivity index (χ0n) is 8.41. The molecule has 1 aromatic carbocycles. The first-order valence-electron chi connectivity index (χ1n) is 4.86. The number of benzene rings is 1. The Labute approximate surface area is 91.9 Å². The maximum absolute atomic E-state index is 5.70. The first-order chi connectivity index (χ1) is 7.86. The number of nitrogens with two attached hydrogens (primary N) is 1. The smallest absolute Gasteiger partial charge is 0.173 e. The molecule has 2 aliphatic heterocycles. The van der Waals surface area contributed by atoms with E-state index in [9.17, 15) is 0 Å². The van der Waals surface area contributed by atoms with Crippen molar-refractivity contribution in [3.8, 4) is 17.1 Å². The van der Waals surface area contributed by atoms with Crippen molar-refractivity contribution in [2.24, 2.45) is 0 Å². The van der Waals surface area contributed by atoms with Crippen LogP contribution in [0.2, 0.25) is 0 Å². The van der Waals surface area contributed by atoms with Crippen molar-refractivity contribution in [2.45, 2.75) is 0 Å². The van der Waals surface area contributed by atoms with Gasteiger partial charge in [-0.05, 0) is 12.1 Å².